The fourth-order valence-electron chi connectivity index (χ4n) is 0.721. The highest BCUT2D eigenvalue weighted by atomic mass is 19.3. The van der Waals surface area contributed by atoms with E-state index in [1.165, 1.54) is 0 Å². The van der Waals surface area contributed by atoms with Crippen molar-refractivity contribution in [3.05, 3.63) is 0 Å². The molecule has 0 saturated carbocycles. The molecule has 0 atom stereocenters. The van der Waals surface area contributed by atoms with Crippen LogP contribution in [-0.4, -0.2) is 32.3 Å². The molecule has 0 aromatic heterocycles. The molecule has 0 radical (unpaired) electrons. The molecular formula is C10H17F3N2O. The summed E-state index contributed by atoms with van der Waals surface area (Å²) in [5.74, 6) is 2.56. The maximum Gasteiger partial charge on any atom is 0.293 e. The highest BCUT2D eigenvalue weighted by molar-refractivity contribution is 5.53. The van der Waals surface area contributed by atoms with E-state index in [0.717, 1.165) is 32.4 Å². The van der Waals surface area contributed by atoms with E-state index in [-0.39, 0.29) is 0 Å². The molecule has 3 nitrogen and oxygen atoms in total. The number of aldehydes is 1. The van der Waals surface area contributed by atoms with Crippen LogP contribution < -0.4 is 10.9 Å². The molecule has 0 aromatic rings. The lowest BCUT2D eigenvalue weighted by Crippen LogP contribution is -2.19. The summed E-state index contributed by atoms with van der Waals surface area (Å²) in [6.45, 7) is 2.19. The van der Waals surface area contributed by atoms with Gasteiger partial charge in [0.1, 0.15) is 0 Å². The second-order valence-electron chi connectivity index (χ2n) is 2.77. The van der Waals surface area contributed by atoms with Crippen molar-refractivity contribution in [3.8, 4) is 12.3 Å². The van der Waals surface area contributed by atoms with E-state index in [2.05, 4.69) is 11.2 Å². The van der Waals surface area contributed by atoms with Gasteiger partial charge in [0, 0.05) is 13.0 Å². The summed E-state index contributed by atoms with van der Waals surface area (Å²) in [6.07, 6.45) is 4.47. The largest absolute Gasteiger partial charge is 0.317 e. The SMILES string of the molecule is C#CCCCNCCCNF.O=CC(F)F. The van der Waals surface area contributed by atoms with E-state index in [4.69, 9.17) is 11.2 Å². The van der Waals surface area contributed by atoms with Crippen LogP contribution in [0.4, 0.5) is 13.3 Å². The number of nitrogens with one attached hydrogen (secondary N) is 2. The van der Waals surface area contributed by atoms with Crippen LogP contribution in [0.2, 0.25) is 0 Å². The van der Waals surface area contributed by atoms with Gasteiger partial charge in [-0.1, -0.05) is 0 Å². The van der Waals surface area contributed by atoms with Crippen molar-refractivity contribution < 1.29 is 18.1 Å². The zero-order valence-corrected chi connectivity index (χ0v) is 9.02. The molecule has 0 aliphatic carbocycles. The van der Waals surface area contributed by atoms with Crippen LogP contribution in [0.3, 0.4) is 0 Å². The number of hydrogen-bond donors (Lipinski definition) is 2. The molecule has 0 heterocycles. The predicted molar refractivity (Wildman–Crippen MR) is 56.7 cm³/mol. The first-order valence-electron chi connectivity index (χ1n) is 4.90. The number of halogens is 3. The van der Waals surface area contributed by atoms with E-state index in [1.807, 2.05) is 0 Å². The lowest BCUT2D eigenvalue weighted by molar-refractivity contribution is -0.116. The zero-order chi connectivity index (χ0) is 12.6. The first-order valence-corrected chi connectivity index (χ1v) is 4.90. The third-order valence-corrected chi connectivity index (χ3v) is 1.40. The molecular weight excluding hydrogens is 221 g/mol. The van der Waals surface area contributed by atoms with Gasteiger partial charge in [-0.15, -0.1) is 16.8 Å². The highest BCUT2D eigenvalue weighted by Gasteiger charge is 1.91. The lowest BCUT2D eigenvalue weighted by atomic mass is 10.3. The van der Waals surface area contributed by atoms with Crippen molar-refractivity contribution in [2.45, 2.75) is 25.7 Å². The molecule has 0 amide bonds. The van der Waals surface area contributed by atoms with Gasteiger partial charge in [0.25, 0.3) is 6.43 Å². The quantitative estimate of drug-likeness (QED) is 0.290. The van der Waals surface area contributed by atoms with E-state index in [9.17, 15) is 13.3 Å². The lowest BCUT2D eigenvalue weighted by Gasteiger charge is -2.00. The normalized spacial score (nSPS) is 9.19. The second kappa shape index (κ2) is 16.4. The van der Waals surface area contributed by atoms with Crippen molar-refractivity contribution in [2.75, 3.05) is 19.6 Å². The summed E-state index contributed by atoms with van der Waals surface area (Å²) in [4.78, 5) is 8.75. The molecule has 0 aliphatic heterocycles. The monoisotopic (exact) mass is 238 g/mol. The smallest absolute Gasteiger partial charge is 0.293 e. The van der Waals surface area contributed by atoms with Gasteiger partial charge in [-0.2, -0.15) is 5.54 Å². The summed E-state index contributed by atoms with van der Waals surface area (Å²) in [7, 11) is 0. The predicted octanol–water partition coefficient (Wildman–Crippen LogP) is 1.30. The Morgan fingerprint density at radius 2 is 1.81 bits per heavy atom. The number of unbranched alkanes of at least 4 members (excludes halogenated alkanes) is 1. The van der Waals surface area contributed by atoms with E-state index in [1.54, 1.807) is 5.54 Å². The number of carbonyl (C=O) groups is 1. The van der Waals surface area contributed by atoms with E-state index >= 15 is 0 Å². The standard InChI is InChI=1S/C8H15FN2.C2H2F2O/c1-2-3-4-6-10-7-5-8-11-9;3-2(4)1-5/h1,10-11H,3-8H2;1-2H. The van der Waals surface area contributed by atoms with Crippen LogP contribution in [0.25, 0.3) is 0 Å². The minimum atomic E-state index is -2.80. The van der Waals surface area contributed by atoms with Gasteiger partial charge in [-0.05, 0) is 25.9 Å². The molecule has 16 heavy (non-hydrogen) atoms. The molecule has 6 heteroatoms. The number of carbonyl (C=O) groups excluding carboxylic acids is 1. The molecule has 0 fully saturated rings. The van der Waals surface area contributed by atoms with Gasteiger partial charge < -0.3 is 5.32 Å². The van der Waals surface area contributed by atoms with E-state index in [0.29, 0.717) is 6.54 Å². The molecule has 94 valence electrons. The van der Waals surface area contributed by atoms with Gasteiger partial charge in [0.05, 0.1) is 0 Å². The minimum absolute atomic E-state index is 0.417. The van der Waals surface area contributed by atoms with Gasteiger partial charge in [0.15, 0.2) is 6.29 Å². The fourth-order valence-corrected chi connectivity index (χ4v) is 0.721. The molecule has 0 aliphatic rings. The Balaban J connectivity index is 0. The van der Waals surface area contributed by atoms with Crippen molar-refractivity contribution in [3.63, 3.8) is 0 Å². The first kappa shape index (κ1) is 17.3. The first-order chi connectivity index (χ1) is 7.68. The Hall–Kier alpha value is -1.06. The summed E-state index contributed by atoms with van der Waals surface area (Å²) < 4.78 is 32.1. The molecule has 0 unspecified atom stereocenters. The Bertz CT molecular complexity index is 183. The van der Waals surface area contributed by atoms with Gasteiger partial charge in [-0.25, -0.2) is 8.78 Å². The third-order valence-electron chi connectivity index (χ3n) is 1.40. The fraction of sp³-hybridized carbons (Fsp3) is 0.700. The van der Waals surface area contributed by atoms with Gasteiger partial charge in [0.2, 0.25) is 0 Å². The number of alkyl halides is 2. The van der Waals surface area contributed by atoms with Crippen LogP contribution in [0.5, 0.6) is 0 Å². The summed E-state index contributed by atoms with van der Waals surface area (Å²) in [5.41, 5.74) is 1.60. The van der Waals surface area contributed by atoms with Crippen molar-refractivity contribution in [2.24, 2.45) is 0 Å². The maximum absolute atomic E-state index is 11.3. The summed E-state index contributed by atoms with van der Waals surface area (Å²) in [5, 5.41) is 3.15. The average molecular weight is 238 g/mol. The molecule has 0 saturated heterocycles. The average Bonchev–Trinajstić information content (AvgIpc) is 2.29. The molecule has 2 N–H and O–H groups in total. The Morgan fingerprint density at radius 1 is 1.25 bits per heavy atom. The van der Waals surface area contributed by atoms with E-state index < -0.39 is 12.7 Å². The third kappa shape index (κ3) is 23.1. The Kier molecular flexibility index (Phi) is 17.7. The number of hydrogen-bond acceptors (Lipinski definition) is 3. The molecule has 0 rings (SSSR count). The molecule has 0 aromatic carbocycles. The van der Waals surface area contributed by atoms with Crippen LogP contribution in [0.15, 0.2) is 0 Å². The van der Waals surface area contributed by atoms with Crippen LogP contribution in [-0.2, 0) is 4.79 Å². The zero-order valence-electron chi connectivity index (χ0n) is 9.02. The van der Waals surface area contributed by atoms with Crippen molar-refractivity contribution >= 4 is 6.29 Å². The minimum Gasteiger partial charge on any atom is -0.317 e. The van der Waals surface area contributed by atoms with Crippen molar-refractivity contribution in [1.82, 2.24) is 10.9 Å². The van der Waals surface area contributed by atoms with Crippen LogP contribution in [0, 0.1) is 12.3 Å². The maximum atomic E-state index is 11.3. The van der Waals surface area contributed by atoms with Gasteiger partial charge in [-0.3, -0.25) is 4.79 Å². The van der Waals surface area contributed by atoms with Crippen LogP contribution >= 0.6 is 0 Å². The van der Waals surface area contributed by atoms with Crippen molar-refractivity contribution in [1.29, 1.82) is 0 Å². The topological polar surface area (TPSA) is 41.1 Å². The second-order valence-corrected chi connectivity index (χ2v) is 2.77. The Labute approximate surface area is 93.7 Å². The van der Waals surface area contributed by atoms with Crippen LogP contribution in [0.1, 0.15) is 19.3 Å². The number of terminal acetylenes is 1. The summed E-state index contributed by atoms with van der Waals surface area (Å²) >= 11 is 0. The Morgan fingerprint density at radius 3 is 2.25 bits per heavy atom. The summed E-state index contributed by atoms with van der Waals surface area (Å²) in [6, 6.07) is 0. The number of rotatable bonds is 8. The molecule has 0 spiro atoms. The highest BCUT2D eigenvalue weighted by Crippen LogP contribution is 1.82. The van der Waals surface area contributed by atoms with Gasteiger partial charge >= 0.3 is 0 Å². The molecule has 0 bridgehead atoms.